The Bertz CT molecular complexity index is 328. The summed E-state index contributed by atoms with van der Waals surface area (Å²) in [4.78, 5) is 7.82. The van der Waals surface area contributed by atoms with Crippen LogP contribution in [0.1, 0.15) is 18.5 Å². The van der Waals surface area contributed by atoms with Gasteiger partial charge in [0.15, 0.2) is 5.82 Å². The highest BCUT2D eigenvalue weighted by molar-refractivity contribution is 5.28. The second-order valence-electron chi connectivity index (χ2n) is 3.31. The Kier molecular flexibility index (Phi) is 5.11. The monoisotopic (exact) mass is 250 g/mol. The van der Waals surface area contributed by atoms with Gasteiger partial charge in [-0.3, -0.25) is 4.98 Å². The van der Waals surface area contributed by atoms with Gasteiger partial charge < -0.3 is 10.2 Å². The third-order valence-electron chi connectivity index (χ3n) is 1.85. The summed E-state index contributed by atoms with van der Waals surface area (Å²) in [6.45, 7) is 0.174. The van der Waals surface area contributed by atoms with E-state index in [0.29, 0.717) is 11.5 Å². The maximum Gasteiger partial charge on any atom is 0.389 e. The molecule has 0 amide bonds. The minimum absolute atomic E-state index is 0.0398. The number of nitrogen functional groups attached to an aromatic ring is 1. The molecule has 0 unspecified atom stereocenters. The average Bonchev–Trinajstić information content (AvgIpc) is 2.28. The van der Waals surface area contributed by atoms with Crippen LogP contribution in [0.4, 0.5) is 19.0 Å². The summed E-state index contributed by atoms with van der Waals surface area (Å²) < 4.78 is 40.4. The summed E-state index contributed by atoms with van der Waals surface area (Å²) in [5.41, 5.74) is 2.85. The Labute approximate surface area is 96.2 Å². The predicted octanol–water partition coefficient (Wildman–Crippen LogP) is 1.62. The fourth-order valence-corrected chi connectivity index (χ4v) is 1.06. The van der Waals surface area contributed by atoms with E-state index in [2.05, 4.69) is 15.4 Å². The quantitative estimate of drug-likeness (QED) is 0.456. The van der Waals surface area contributed by atoms with Gasteiger partial charge in [0, 0.05) is 13.0 Å². The number of halogens is 3. The number of nitrogens with two attached hydrogens (primary N) is 1. The van der Waals surface area contributed by atoms with Crippen molar-refractivity contribution >= 4 is 5.82 Å². The molecule has 0 fully saturated rings. The van der Waals surface area contributed by atoms with Crippen LogP contribution in [0, 0.1) is 0 Å². The van der Waals surface area contributed by atoms with Gasteiger partial charge in [0.2, 0.25) is 0 Å². The van der Waals surface area contributed by atoms with Crippen LogP contribution in [0.3, 0.4) is 0 Å². The summed E-state index contributed by atoms with van der Waals surface area (Å²) >= 11 is 0. The van der Waals surface area contributed by atoms with Crippen molar-refractivity contribution in [3.05, 3.63) is 18.1 Å². The molecular formula is C9H13F3N4O. The molecule has 0 saturated heterocycles. The summed E-state index contributed by atoms with van der Waals surface area (Å²) in [5, 5.41) is 0. The van der Waals surface area contributed by atoms with Crippen molar-refractivity contribution < 1.29 is 17.9 Å². The topological polar surface area (TPSA) is 73.1 Å². The van der Waals surface area contributed by atoms with E-state index in [0.717, 1.165) is 0 Å². The van der Waals surface area contributed by atoms with Crippen molar-refractivity contribution in [3.63, 3.8) is 0 Å². The molecule has 1 aromatic rings. The summed E-state index contributed by atoms with van der Waals surface area (Å²) in [5.74, 6) is 5.50. The Hall–Kier alpha value is -1.41. The first kappa shape index (κ1) is 13.7. The largest absolute Gasteiger partial charge is 0.389 e. The van der Waals surface area contributed by atoms with E-state index in [9.17, 15) is 13.2 Å². The molecule has 1 heterocycles. The van der Waals surface area contributed by atoms with Gasteiger partial charge in [-0.2, -0.15) is 13.2 Å². The van der Waals surface area contributed by atoms with Crippen molar-refractivity contribution in [2.75, 3.05) is 12.0 Å². The van der Waals surface area contributed by atoms with E-state index in [1.54, 1.807) is 0 Å². The Morgan fingerprint density at radius 2 is 2.06 bits per heavy atom. The molecule has 0 bridgehead atoms. The molecule has 3 N–H and O–H groups in total. The Morgan fingerprint density at radius 3 is 2.59 bits per heavy atom. The molecule has 1 rings (SSSR count). The molecule has 0 aliphatic heterocycles. The summed E-state index contributed by atoms with van der Waals surface area (Å²) in [6, 6.07) is 0. The van der Waals surface area contributed by atoms with E-state index in [1.807, 2.05) is 0 Å². The van der Waals surface area contributed by atoms with E-state index >= 15 is 0 Å². The minimum Gasteiger partial charge on any atom is -0.375 e. The number of ether oxygens (including phenoxy) is 1. The third-order valence-corrected chi connectivity index (χ3v) is 1.85. The molecular weight excluding hydrogens is 237 g/mol. The number of nitrogens with one attached hydrogen (secondary N) is 1. The van der Waals surface area contributed by atoms with Crippen LogP contribution in [0.5, 0.6) is 0 Å². The van der Waals surface area contributed by atoms with Gasteiger partial charge in [0.1, 0.15) is 0 Å². The van der Waals surface area contributed by atoms with Crippen LogP contribution in [0.2, 0.25) is 0 Å². The zero-order valence-corrected chi connectivity index (χ0v) is 9.00. The van der Waals surface area contributed by atoms with Crippen LogP contribution >= 0.6 is 0 Å². The lowest BCUT2D eigenvalue weighted by molar-refractivity contribution is -0.138. The van der Waals surface area contributed by atoms with Crippen LogP contribution in [-0.2, 0) is 11.3 Å². The van der Waals surface area contributed by atoms with Crippen molar-refractivity contribution in [1.29, 1.82) is 0 Å². The van der Waals surface area contributed by atoms with Gasteiger partial charge >= 0.3 is 6.18 Å². The lowest BCUT2D eigenvalue weighted by Crippen LogP contribution is -2.10. The van der Waals surface area contributed by atoms with Crippen molar-refractivity contribution in [2.24, 2.45) is 5.84 Å². The molecule has 0 aliphatic rings. The molecule has 1 aromatic heterocycles. The number of nitrogens with zero attached hydrogens (tertiary/aromatic N) is 2. The van der Waals surface area contributed by atoms with Crippen molar-refractivity contribution in [3.8, 4) is 0 Å². The van der Waals surface area contributed by atoms with E-state index in [4.69, 9.17) is 10.6 Å². The molecule has 0 aromatic carbocycles. The highest BCUT2D eigenvalue weighted by Gasteiger charge is 2.25. The van der Waals surface area contributed by atoms with Gasteiger partial charge in [-0.25, -0.2) is 10.8 Å². The zero-order chi connectivity index (χ0) is 12.7. The molecule has 5 nitrogen and oxygen atoms in total. The number of hydrogen-bond donors (Lipinski definition) is 2. The highest BCUT2D eigenvalue weighted by atomic mass is 19.4. The smallest absolute Gasteiger partial charge is 0.375 e. The molecule has 17 heavy (non-hydrogen) atoms. The zero-order valence-electron chi connectivity index (χ0n) is 9.00. The number of anilines is 1. The molecule has 96 valence electrons. The summed E-state index contributed by atoms with van der Waals surface area (Å²) in [6.07, 6.45) is -2.17. The maximum atomic E-state index is 11.8. The fraction of sp³-hybridized carbons (Fsp3) is 0.556. The number of hydrazine groups is 1. The second kappa shape index (κ2) is 6.36. The first-order valence-corrected chi connectivity index (χ1v) is 4.93. The Balaban J connectivity index is 2.18. The highest BCUT2D eigenvalue weighted by Crippen LogP contribution is 2.21. The van der Waals surface area contributed by atoms with E-state index in [1.165, 1.54) is 12.4 Å². The maximum absolute atomic E-state index is 11.8. The first-order chi connectivity index (χ1) is 8.01. The van der Waals surface area contributed by atoms with Gasteiger partial charge in [-0.05, 0) is 6.42 Å². The Morgan fingerprint density at radius 1 is 1.29 bits per heavy atom. The number of aromatic nitrogens is 2. The third kappa shape index (κ3) is 6.03. The fourth-order valence-electron chi connectivity index (χ4n) is 1.06. The van der Waals surface area contributed by atoms with Gasteiger partial charge in [-0.15, -0.1) is 0 Å². The van der Waals surface area contributed by atoms with Gasteiger partial charge in [-0.1, -0.05) is 0 Å². The normalized spacial score (nSPS) is 11.5. The predicted molar refractivity (Wildman–Crippen MR) is 54.8 cm³/mol. The number of rotatable bonds is 6. The van der Waals surface area contributed by atoms with Gasteiger partial charge in [0.25, 0.3) is 0 Å². The minimum atomic E-state index is -4.13. The van der Waals surface area contributed by atoms with Gasteiger partial charge in [0.05, 0.1) is 24.7 Å². The first-order valence-electron chi connectivity index (χ1n) is 4.93. The molecule has 0 atom stereocenters. The molecule has 0 aliphatic carbocycles. The standard InChI is InChI=1S/C9H13F3N4O/c10-9(11,12)2-1-3-17-6-7-4-15-8(16-13)5-14-7/h4-5H,1-3,6,13H2,(H,15,16). The molecule has 8 heteroatoms. The average molecular weight is 250 g/mol. The lowest BCUT2D eigenvalue weighted by Gasteiger charge is -2.06. The van der Waals surface area contributed by atoms with Crippen LogP contribution in [-0.4, -0.2) is 22.8 Å². The van der Waals surface area contributed by atoms with Crippen molar-refractivity contribution in [2.45, 2.75) is 25.6 Å². The van der Waals surface area contributed by atoms with Crippen LogP contribution in [0.25, 0.3) is 0 Å². The van der Waals surface area contributed by atoms with Crippen LogP contribution < -0.4 is 11.3 Å². The van der Waals surface area contributed by atoms with E-state index < -0.39 is 12.6 Å². The van der Waals surface area contributed by atoms with E-state index in [-0.39, 0.29) is 19.6 Å². The SMILES string of the molecule is NNc1cnc(COCCCC(F)(F)F)cn1. The lowest BCUT2D eigenvalue weighted by atomic mass is 10.3. The number of alkyl halides is 3. The van der Waals surface area contributed by atoms with Crippen LogP contribution in [0.15, 0.2) is 12.4 Å². The van der Waals surface area contributed by atoms with Crippen molar-refractivity contribution in [1.82, 2.24) is 9.97 Å². The number of hydrogen-bond acceptors (Lipinski definition) is 5. The second-order valence-corrected chi connectivity index (χ2v) is 3.31. The molecule has 0 saturated carbocycles. The molecule has 0 spiro atoms. The summed E-state index contributed by atoms with van der Waals surface area (Å²) in [7, 11) is 0. The molecule has 0 radical (unpaired) electrons.